The summed E-state index contributed by atoms with van der Waals surface area (Å²) in [6.45, 7) is 3.75. The summed E-state index contributed by atoms with van der Waals surface area (Å²) in [6.07, 6.45) is 10.4. The molecule has 2 aliphatic heterocycles. The molecule has 0 aromatic heterocycles. The van der Waals surface area contributed by atoms with Crippen molar-refractivity contribution >= 4 is 0 Å². The summed E-state index contributed by atoms with van der Waals surface area (Å²) in [5.74, 6) is 1.14. The minimum Gasteiger partial charge on any atom is -0.303 e. The normalized spacial score (nSPS) is 40.6. The molecule has 3 heteroatoms. The van der Waals surface area contributed by atoms with Gasteiger partial charge in [-0.1, -0.05) is 19.3 Å². The van der Waals surface area contributed by atoms with Gasteiger partial charge >= 0.3 is 0 Å². The van der Waals surface area contributed by atoms with Crippen molar-refractivity contribution in [3.05, 3.63) is 0 Å². The smallest absolute Gasteiger partial charge is 0.0672 e. The van der Waals surface area contributed by atoms with Crippen molar-refractivity contribution in [3.63, 3.8) is 0 Å². The van der Waals surface area contributed by atoms with Crippen LogP contribution in [0.1, 0.15) is 51.4 Å². The molecule has 1 saturated carbocycles. The van der Waals surface area contributed by atoms with Gasteiger partial charge in [-0.2, -0.15) is 5.26 Å². The van der Waals surface area contributed by atoms with Crippen molar-refractivity contribution in [1.82, 2.24) is 9.80 Å². The Bertz CT molecular complexity index is 362. The van der Waals surface area contributed by atoms with Crippen LogP contribution >= 0.6 is 0 Å². The summed E-state index contributed by atoms with van der Waals surface area (Å²) in [4.78, 5) is 5.28. The highest BCUT2D eigenvalue weighted by Gasteiger charge is 2.38. The summed E-state index contributed by atoms with van der Waals surface area (Å²) in [5, 5.41) is 9.51. The van der Waals surface area contributed by atoms with Crippen LogP contribution in [0.4, 0.5) is 0 Å². The molecule has 112 valence electrons. The molecule has 3 rings (SSSR count). The molecular weight excluding hydrogens is 246 g/mol. The Morgan fingerprint density at radius 3 is 2.60 bits per heavy atom. The van der Waals surface area contributed by atoms with Crippen molar-refractivity contribution in [2.24, 2.45) is 11.8 Å². The lowest BCUT2D eigenvalue weighted by molar-refractivity contribution is 0.0107. The van der Waals surface area contributed by atoms with E-state index in [1.165, 1.54) is 64.6 Å². The molecule has 4 unspecified atom stereocenters. The third-order valence-electron chi connectivity index (χ3n) is 5.99. The van der Waals surface area contributed by atoms with Crippen LogP contribution in [0.25, 0.3) is 0 Å². The van der Waals surface area contributed by atoms with Gasteiger partial charge in [0.15, 0.2) is 0 Å². The first-order chi connectivity index (χ1) is 9.79. The molecule has 0 aromatic rings. The van der Waals surface area contributed by atoms with E-state index in [9.17, 15) is 5.26 Å². The van der Waals surface area contributed by atoms with Gasteiger partial charge in [0, 0.05) is 18.6 Å². The maximum Gasteiger partial charge on any atom is 0.0672 e. The number of piperidine rings is 2. The van der Waals surface area contributed by atoms with Crippen LogP contribution in [0.5, 0.6) is 0 Å². The van der Waals surface area contributed by atoms with Crippen molar-refractivity contribution in [2.75, 3.05) is 26.7 Å². The quantitative estimate of drug-likeness (QED) is 0.689. The van der Waals surface area contributed by atoms with E-state index in [-0.39, 0.29) is 5.92 Å². The lowest BCUT2D eigenvalue weighted by Gasteiger charge is -2.48. The van der Waals surface area contributed by atoms with E-state index in [4.69, 9.17) is 0 Å². The fraction of sp³-hybridized carbons (Fsp3) is 0.941. The topological polar surface area (TPSA) is 30.3 Å². The van der Waals surface area contributed by atoms with Gasteiger partial charge in [-0.3, -0.25) is 4.90 Å². The first-order valence-corrected chi connectivity index (χ1v) is 8.63. The van der Waals surface area contributed by atoms with E-state index in [0.717, 1.165) is 18.4 Å². The second kappa shape index (κ2) is 6.45. The molecule has 4 atom stereocenters. The van der Waals surface area contributed by atoms with Gasteiger partial charge in [-0.05, 0) is 58.2 Å². The highest BCUT2D eigenvalue weighted by molar-refractivity contribution is 4.98. The highest BCUT2D eigenvalue weighted by atomic mass is 15.2. The average Bonchev–Trinajstić information content (AvgIpc) is 2.72. The number of likely N-dealkylation sites (tertiary alicyclic amines) is 2. The molecule has 0 amide bonds. The summed E-state index contributed by atoms with van der Waals surface area (Å²) in [7, 11) is 2.30. The van der Waals surface area contributed by atoms with Crippen LogP contribution < -0.4 is 0 Å². The number of fused-ring (bicyclic) bond motifs is 1. The summed E-state index contributed by atoms with van der Waals surface area (Å²) < 4.78 is 0. The Morgan fingerprint density at radius 2 is 1.75 bits per heavy atom. The fourth-order valence-corrected chi connectivity index (χ4v) is 4.86. The maximum absolute atomic E-state index is 9.51. The Labute approximate surface area is 123 Å². The molecule has 3 fully saturated rings. The molecule has 20 heavy (non-hydrogen) atoms. The molecule has 3 aliphatic rings. The lowest BCUT2D eigenvalue weighted by atomic mass is 9.82. The zero-order valence-corrected chi connectivity index (χ0v) is 12.9. The van der Waals surface area contributed by atoms with Crippen LogP contribution in [0, 0.1) is 23.2 Å². The van der Waals surface area contributed by atoms with Crippen molar-refractivity contribution in [1.29, 1.82) is 5.26 Å². The molecular formula is C17H29N3. The van der Waals surface area contributed by atoms with Gasteiger partial charge in [0.1, 0.15) is 0 Å². The second-order valence-corrected chi connectivity index (χ2v) is 7.17. The third kappa shape index (κ3) is 2.87. The highest BCUT2D eigenvalue weighted by Crippen LogP contribution is 2.34. The van der Waals surface area contributed by atoms with Gasteiger partial charge in [-0.25, -0.2) is 0 Å². The van der Waals surface area contributed by atoms with Crippen LogP contribution in [0.15, 0.2) is 0 Å². The molecule has 0 N–H and O–H groups in total. The monoisotopic (exact) mass is 275 g/mol. The zero-order chi connectivity index (χ0) is 13.9. The van der Waals surface area contributed by atoms with Crippen LogP contribution in [-0.4, -0.2) is 48.6 Å². The summed E-state index contributed by atoms with van der Waals surface area (Å²) >= 11 is 0. The number of rotatable bonds is 1. The molecule has 2 saturated heterocycles. The molecule has 0 aromatic carbocycles. The molecule has 0 bridgehead atoms. The van der Waals surface area contributed by atoms with Gasteiger partial charge in [0.25, 0.3) is 0 Å². The van der Waals surface area contributed by atoms with Crippen LogP contribution in [0.3, 0.4) is 0 Å². The van der Waals surface area contributed by atoms with E-state index < -0.39 is 0 Å². The van der Waals surface area contributed by atoms with E-state index >= 15 is 0 Å². The molecule has 1 aliphatic carbocycles. The van der Waals surface area contributed by atoms with Gasteiger partial charge in [0.05, 0.1) is 12.0 Å². The minimum absolute atomic E-state index is 0.287. The number of nitriles is 1. The van der Waals surface area contributed by atoms with E-state index in [1.807, 2.05) is 0 Å². The number of hydrogen-bond acceptors (Lipinski definition) is 3. The fourth-order valence-electron chi connectivity index (χ4n) is 4.86. The number of hydrogen-bond donors (Lipinski definition) is 0. The zero-order valence-electron chi connectivity index (χ0n) is 12.9. The predicted molar refractivity (Wildman–Crippen MR) is 81.3 cm³/mol. The average molecular weight is 275 g/mol. The van der Waals surface area contributed by atoms with Crippen LogP contribution in [-0.2, 0) is 0 Å². The molecule has 0 radical (unpaired) electrons. The molecule has 0 spiro atoms. The van der Waals surface area contributed by atoms with E-state index in [0.29, 0.717) is 6.04 Å². The Morgan fingerprint density at radius 1 is 0.900 bits per heavy atom. The SMILES string of the molecule is CN1CCCC2CN(C3CCCCCC3C#N)CCC21. The Hall–Kier alpha value is -0.590. The van der Waals surface area contributed by atoms with E-state index in [1.54, 1.807) is 0 Å². The first-order valence-electron chi connectivity index (χ1n) is 8.63. The molecule has 2 heterocycles. The Kier molecular flexibility index (Phi) is 4.63. The van der Waals surface area contributed by atoms with Gasteiger partial charge < -0.3 is 4.90 Å². The van der Waals surface area contributed by atoms with Crippen molar-refractivity contribution < 1.29 is 0 Å². The van der Waals surface area contributed by atoms with Gasteiger partial charge in [0.2, 0.25) is 0 Å². The minimum atomic E-state index is 0.287. The lowest BCUT2D eigenvalue weighted by Crippen LogP contribution is -2.55. The first kappa shape index (κ1) is 14.4. The van der Waals surface area contributed by atoms with Crippen LogP contribution in [0.2, 0.25) is 0 Å². The maximum atomic E-state index is 9.51. The van der Waals surface area contributed by atoms with Crippen molar-refractivity contribution in [2.45, 2.75) is 63.5 Å². The Balaban J connectivity index is 1.67. The summed E-state index contributed by atoms with van der Waals surface area (Å²) in [5.41, 5.74) is 0. The standard InChI is InChI=1S/C17H29N3/c1-19-10-5-7-15-13-20(11-9-16(15)19)17-8-4-2-3-6-14(17)12-18/h14-17H,2-11,13H2,1H3. The second-order valence-electron chi connectivity index (χ2n) is 7.17. The summed E-state index contributed by atoms with van der Waals surface area (Å²) in [6, 6.07) is 3.98. The van der Waals surface area contributed by atoms with Crippen molar-refractivity contribution in [3.8, 4) is 6.07 Å². The molecule has 3 nitrogen and oxygen atoms in total. The van der Waals surface area contributed by atoms with Gasteiger partial charge in [-0.15, -0.1) is 0 Å². The third-order valence-corrected chi connectivity index (χ3v) is 5.99. The predicted octanol–water partition coefficient (Wildman–Crippen LogP) is 2.87. The number of nitrogens with zero attached hydrogens (tertiary/aromatic N) is 3. The van der Waals surface area contributed by atoms with E-state index in [2.05, 4.69) is 22.9 Å². The largest absolute Gasteiger partial charge is 0.303 e.